The van der Waals surface area contributed by atoms with Crippen molar-refractivity contribution in [2.45, 2.75) is 148 Å². The number of unbranched alkanes of at least 4 members (excludes halogenated alkanes) is 15. The van der Waals surface area contributed by atoms with Crippen LogP contribution < -0.4 is 5.73 Å². The minimum atomic E-state index is -4.52. The van der Waals surface area contributed by atoms with E-state index >= 15 is 0 Å². The van der Waals surface area contributed by atoms with Gasteiger partial charge < -0.3 is 24.8 Å². The zero-order valence-corrected chi connectivity index (χ0v) is 36.4. The number of phosphoric ester groups is 1. The van der Waals surface area contributed by atoms with Crippen molar-refractivity contribution in [3.63, 3.8) is 0 Å². The van der Waals surface area contributed by atoms with Gasteiger partial charge in [0.25, 0.3) is 0 Å². The molecule has 0 amide bonds. The molecule has 0 saturated carbocycles. The number of benzene rings is 1. The number of nitrogens with zero attached hydrogens (tertiary/aromatic N) is 7. The molecule has 0 radical (unpaired) electrons. The van der Waals surface area contributed by atoms with E-state index in [2.05, 4.69) is 33.2 Å². The van der Waals surface area contributed by atoms with Crippen molar-refractivity contribution in [3.8, 4) is 11.8 Å². The summed E-state index contributed by atoms with van der Waals surface area (Å²) in [4.78, 5) is 18.7. The lowest BCUT2D eigenvalue weighted by atomic mass is 10.00. The predicted molar refractivity (Wildman–Crippen MR) is 228 cm³/mol. The summed E-state index contributed by atoms with van der Waals surface area (Å²) in [6.07, 6.45) is 25.3. The van der Waals surface area contributed by atoms with E-state index in [-0.39, 0.29) is 26.4 Å². The summed E-state index contributed by atoms with van der Waals surface area (Å²) in [6, 6.07) is 11.3. The fraction of sp³-hybridized carbons (Fsp3) is 0.651. The number of nitriles is 1. The second kappa shape index (κ2) is 26.5. The second-order valence-electron chi connectivity index (χ2n) is 15.6. The van der Waals surface area contributed by atoms with Gasteiger partial charge in [-0.05, 0) is 56.0 Å². The number of ether oxygens (including phenoxy) is 3. The van der Waals surface area contributed by atoms with Crippen LogP contribution in [-0.2, 0) is 40.9 Å². The number of nitrogens with two attached hydrogens (primary N) is 1. The molecule has 0 aliphatic carbocycles. The van der Waals surface area contributed by atoms with Gasteiger partial charge in [0.2, 0.25) is 0 Å². The highest BCUT2D eigenvalue weighted by Gasteiger charge is 2.32. The number of rotatable bonds is 33. The highest BCUT2D eigenvalue weighted by atomic mass is 31.2. The Hall–Kier alpha value is -3.74. The molecular formula is C43H67N8O7P. The number of aryl methyl sites for hydroxylation is 1. The van der Waals surface area contributed by atoms with E-state index in [1.54, 1.807) is 23.6 Å². The fourth-order valence-electron chi connectivity index (χ4n) is 6.88. The smallest absolute Gasteiger partial charge is 0.382 e. The maximum atomic E-state index is 13.2. The molecule has 15 nitrogen and oxygen atoms in total. The van der Waals surface area contributed by atoms with Crippen molar-refractivity contribution < 1.29 is 32.7 Å². The summed E-state index contributed by atoms with van der Waals surface area (Å²) in [7, 11) is -3.00. The van der Waals surface area contributed by atoms with Crippen LogP contribution in [0.1, 0.15) is 140 Å². The van der Waals surface area contributed by atoms with E-state index < -0.39 is 19.5 Å². The molecule has 0 fully saturated rings. The Balaban J connectivity index is 1.20. The van der Waals surface area contributed by atoms with Gasteiger partial charge in [0.15, 0.2) is 5.82 Å². The standard InChI is InChI=1S/C43H67N8O7P/c1-4-5-6-7-8-9-10-11-12-13-14-15-16-17-18-19-26-55-30-39(56-29-36-20-22-40(37(27-36)28-44)50-35-46-33-48-50)31-57-59(52,53)58-32-43(2,54-3)25-24-38-21-23-41-42(45)47-34-49-51(38)41/h20-23,27,33-35,39H,4-19,24-26,29-32H2,1-3H3,(H,52,53)(H2,45,47,49)/t39-,43+/m1/s1. The van der Waals surface area contributed by atoms with Gasteiger partial charge in [-0.1, -0.05) is 109 Å². The average molecular weight is 839 g/mol. The molecule has 3 N–H and O–H groups in total. The molecule has 3 aromatic heterocycles. The van der Waals surface area contributed by atoms with Crippen molar-refractivity contribution in [3.05, 3.63) is 66.1 Å². The molecule has 0 spiro atoms. The van der Waals surface area contributed by atoms with Gasteiger partial charge in [-0.3, -0.25) is 9.05 Å². The van der Waals surface area contributed by atoms with E-state index in [0.29, 0.717) is 42.0 Å². The maximum absolute atomic E-state index is 13.2. The first-order chi connectivity index (χ1) is 28.7. The van der Waals surface area contributed by atoms with Crippen molar-refractivity contribution >= 4 is 19.2 Å². The third-order valence-electron chi connectivity index (χ3n) is 10.7. The Bertz CT molecular complexity index is 1850. The van der Waals surface area contributed by atoms with Crippen LogP contribution >= 0.6 is 7.82 Å². The van der Waals surface area contributed by atoms with Gasteiger partial charge in [0.05, 0.1) is 43.3 Å². The van der Waals surface area contributed by atoms with Gasteiger partial charge in [0.1, 0.15) is 36.7 Å². The molecule has 3 atom stereocenters. The minimum absolute atomic E-state index is 0.117. The van der Waals surface area contributed by atoms with Crippen LogP contribution in [0.25, 0.3) is 11.2 Å². The molecule has 3 heterocycles. The average Bonchev–Trinajstić information content (AvgIpc) is 3.94. The molecule has 0 aliphatic rings. The van der Waals surface area contributed by atoms with Crippen molar-refractivity contribution in [2.75, 3.05) is 39.3 Å². The van der Waals surface area contributed by atoms with Crippen LogP contribution in [0.15, 0.2) is 49.3 Å². The largest absolute Gasteiger partial charge is 0.472 e. The third-order valence-corrected chi connectivity index (χ3v) is 11.6. The summed E-state index contributed by atoms with van der Waals surface area (Å²) in [5.74, 6) is 0.378. The fourth-order valence-corrected chi connectivity index (χ4v) is 7.74. The van der Waals surface area contributed by atoms with Crippen molar-refractivity contribution in [1.82, 2.24) is 29.4 Å². The van der Waals surface area contributed by atoms with Gasteiger partial charge in [-0.25, -0.2) is 23.7 Å². The molecule has 0 aliphatic heterocycles. The quantitative estimate of drug-likeness (QED) is 0.0341. The van der Waals surface area contributed by atoms with E-state index in [4.69, 9.17) is 29.0 Å². The van der Waals surface area contributed by atoms with Gasteiger partial charge >= 0.3 is 7.82 Å². The number of fused-ring (bicyclic) bond motifs is 1. The zero-order valence-electron chi connectivity index (χ0n) is 35.5. The molecule has 4 rings (SSSR count). The molecule has 0 bridgehead atoms. The lowest BCUT2D eigenvalue weighted by Crippen LogP contribution is -2.34. The van der Waals surface area contributed by atoms with Crippen LogP contribution in [0.3, 0.4) is 0 Å². The molecule has 4 aromatic rings. The van der Waals surface area contributed by atoms with Crippen LogP contribution in [0.2, 0.25) is 0 Å². The number of nitrogen functional groups attached to an aromatic ring is 1. The van der Waals surface area contributed by atoms with Crippen molar-refractivity contribution in [1.29, 1.82) is 5.26 Å². The highest BCUT2D eigenvalue weighted by Crippen LogP contribution is 2.44. The molecule has 1 unspecified atom stereocenters. The Kier molecular flexibility index (Phi) is 21.5. The van der Waals surface area contributed by atoms with Gasteiger partial charge in [0, 0.05) is 19.4 Å². The van der Waals surface area contributed by atoms with Gasteiger partial charge in [-0.2, -0.15) is 15.5 Å². The Morgan fingerprint density at radius 1 is 0.898 bits per heavy atom. The lowest BCUT2D eigenvalue weighted by molar-refractivity contribution is -0.0615. The topological polar surface area (TPSA) is 194 Å². The Morgan fingerprint density at radius 3 is 2.20 bits per heavy atom. The number of hydrogen-bond donors (Lipinski definition) is 2. The van der Waals surface area contributed by atoms with Crippen LogP contribution in [0.4, 0.5) is 5.82 Å². The van der Waals surface area contributed by atoms with Crippen LogP contribution in [0.5, 0.6) is 0 Å². The molecule has 0 saturated heterocycles. The summed E-state index contributed by atoms with van der Waals surface area (Å²) in [5, 5.41) is 18.2. The molecule has 326 valence electrons. The molecule has 59 heavy (non-hydrogen) atoms. The maximum Gasteiger partial charge on any atom is 0.472 e. The summed E-state index contributed by atoms with van der Waals surface area (Å²) in [6.45, 7) is 4.42. The number of aromatic nitrogens is 6. The van der Waals surface area contributed by atoms with E-state index in [0.717, 1.165) is 24.1 Å². The highest BCUT2D eigenvalue weighted by molar-refractivity contribution is 7.47. The third kappa shape index (κ3) is 17.4. The first kappa shape index (κ1) is 47.9. The van der Waals surface area contributed by atoms with E-state index in [9.17, 15) is 14.7 Å². The minimum Gasteiger partial charge on any atom is -0.382 e. The Labute approximate surface area is 350 Å². The molecule has 16 heteroatoms. The van der Waals surface area contributed by atoms with Crippen molar-refractivity contribution in [2.24, 2.45) is 0 Å². The number of methoxy groups -OCH3 is 1. The summed E-state index contributed by atoms with van der Waals surface area (Å²) in [5.41, 5.74) is 8.38. The molecule has 1 aromatic carbocycles. The summed E-state index contributed by atoms with van der Waals surface area (Å²) < 4.78 is 45.2. The summed E-state index contributed by atoms with van der Waals surface area (Å²) >= 11 is 0. The first-order valence-corrected chi connectivity index (χ1v) is 23.0. The number of anilines is 1. The first-order valence-electron chi connectivity index (χ1n) is 21.5. The van der Waals surface area contributed by atoms with Crippen LogP contribution in [0, 0.1) is 11.3 Å². The van der Waals surface area contributed by atoms with Crippen LogP contribution in [-0.4, -0.2) is 79.5 Å². The predicted octanol–water partition coefficient (Wildman–Crippen LogP) is 9.10. The number of hydrogen-bond acceptors (Lipinski definition) is 12. The second-order valence-corrected chi connectivity index (χ2v) is 17.0. The van der Waals surface area contributed by atoms with Gasteiger partial charge in [-0.15, -0.1) is 0 Å². The lowest BCUT2D eigenvalue weighted by Gasteiger charge is -2.29. The van der Waals surface area contributed by atoms with E-state index in [1.807, 2.05) is 18.2 Å². The van der Waals surface area contributed by atoms with E-state index in [1.165, 1.54) is 121 Å². The normalized spacial score (nSPS) is 14.3. The molecular weight excluding hydrogens is 771 g/mol. The SMILES string of the molecule is CCCCCCCCCCCCCCCCCCOC[C@H](COP(=O)(O)OC[C@](C)(CCc1ccc2c(N)ncnn12)OC)OCc1ccc(-n2cncn2)c(C#N)c1. The Morgan fingerprint density at radius 2 is 1.58 bits per heavy atom. The zero-order chi connectivity index (χ0) is 42.2. The number of phosphoric acid groups is 1. The monoisotopic (exact) mass is 838 g/mol.